The van der Waals surface area contributed by atoms with Crippen LogP contribution >= 0.6 is 0 Å². The molecule has 0 unspecified atom stereocenters. The lowest BCUT2D eigenvalue weighted by Crippen LogP contribution is -2.58. The third-order valence-corrected chi connectivity index (χ3v) is 5.51. The quantitative estimate of drug-likeness (QED) is 0.635. The molecular formula is C24H23F2N3O3. The number of amides is 2. The highest BCUT2D eigenvalue weighted by Gasteiger charge is 2.34. The Morgan fingerprint density at radius 1 is 1.22 bits per heavy atom. The first-order chi connectivity index (χ1) is 15.5. The maximum atomic E-state index is 14.1. The van der Waals surface area contributed by atoms with Gasteiger partial charge < -0.3 is 14.7 Å². The maximum Gasteiger partial charge on any atom is 0.276 e. The van der Waals surface area contributed by atoms with Crippen LogP contribution in [0.3, 0.4) is 0 Å². The van der Waals surface area contributed by atoms with Crippen molar-refractivity contribution in [1.29, 1.82) is 0 Å². The summed E-state index contributed by atoms with van der Waals surface area (Å²) >= 11 is 0. The van der Waals surface area contributed by atoms with E-state index in [1.165, 1.54) is 17.0 Å². The minimum absolute atomic E-state index is 0.165. The topological polar surface area (TPSA) is 75.4 Å². The zero-order valence-corrected chi connectivity index (χ0v) is 17.6. The van der Waals surface area contributed by atoms with Crippen LogP contribution in [0, 0.1) is 11.6 Å². The zero-order valence-electron chi connectivity index (χ0n) is 17.6. The standard InChI is InChI=1S/C24H23F2N3O3/c1-2-4-17-14-20(28-32-17)24(31)29-12-11-27-23(30)21(29)13-15-7-9-16(10-8-15)18-5-3-6-19(25)22(18)26/h3,5-10,14,21H,2,4,11-13H2,1H3,(H,27,30)/t21-/m1/s1. The van der Waals surface area contributed by atoms with Crippen LogP contribution in [-0.2, 0) is 17.6 Å². The molecule has 0 spiro atoms. The van der Waals surface area contributed by atoms with Gasteiger partial charge in [-0.2, -0.15) is 0 Å². The highest BCUT2D eigenvalue weighted by Crippen LogP contribution is 2.25. The molecule has 0 bridgehead atoms. The molecule has 166 valence electrons. The lowest BCUT2D eigenvalue weighted by molar-refractivity contribution is -0.127. The first-order valence-corrected chi connectivity index (χ1v) is 10.6. The lowest BCUT2D eigenvalue weighted by Gasteiger charge is -2.34. The van der Waals surface area contributed by atoms with E-state index < -0.39 is 17.7 Å². The molecule has 1 saturated heterocycles. The van der Waals surface area contributed by atoms with E-state index in [0.29, 0.717) is 30.8 Å². The van der Waals surface area contributed by atoms with Gasteiger partial charge in [0.25, 0.3) is 5.91 Å². The molecule has 1 N–H and O–H groups in total. The van der Waals surface area contributed by atoms with Crippen molar-refractivity contribution >= 4 is 11.8 Å². The van der Waals surface area contributed by atoms with Crippen LogP contribution < -0.4 is 5.32 Å². The van der Waals surface area contributed by atoms with Crippen molar-refractivity contribution in [2.24, 2.45) is 0 Å². The molecule has 2 amide bonds. The van der Waals surface area contributed by atoms with Crippen molar-refractivity contribution in [1.82, 2.24) is 15.4 Å². The monoisotopic (exact) mass is 439 g/mol. The van der Waals surface area contributed by atoms with Gasteiger partial charge in [-0.3, -0.25) is 9.59 Å². The Morgan fingerprint density at radius 3 is 2.75 bits per heavy atom. The van der Waals surface area contributed by atoms with E-state index in [2.05, 4.69) is 10.5 Å². The Kier molecular flexibility index (Phi) is 6.30. The normalized spacial score (nSPS) is 16.2. The number of hydrogen-bond donors (Lipinski definition) is 1. The fourth-order valence-electron chi connectivity index (χ4n) is 3.86. The molecule has 4 rings (SSSR count). The van der Waals surface area contributed by atoms with Gasteiger partial charge >= 0.3 is 0 Å². The number of nitrogens with zero attached hydrogens (tertiary/aromatic N) is 2. The van der Waals surface area contributed by atoms with E-state index in [1.807, 2.05) is 6.92 Å². The average molecular weight is 439 g/mol. The van der Waals surface area contributed by atoms with Crippen LogP contribution in [0.1, 0.15) is 35.2 Å². The number of aryl methyl sites for hydroxylation is 1. The number of rotatable bonds is 6. The number of benzene rings is 2. The third kappa shape index (κ3) is 4.39. The summed E-state index contributed by atoms with van der Waals surface area (Å²) < 4.78 is 32.8. The highest BCUT2D eigenvalue weighted by molar-refractivity contribution is 5.97. The fourth-order valence-corrected chi connectivity index (χ4v) is 3.86. The average Bonchev–Trinajstić information content (AvgIpc) is 3.26. The Hall–Kier alpha value is -3.55. The van der Waals surface area contributed by atoms with E-state index in [1.54, 1.807) is 30.3 Å². The number of carbonyl (C=O) groups is 2. The Labute approximate surface area is 184 Å². The number of piperazine rings is 1. The molecule has 1 aliphatic heterocycles. The summed E-state index contributed by atoms with van der Waals surface area (Å²) in [7, 11) is 0. The highest BCUT2D eigenvalue weighted by atomic mass is 19.2. The Morgan fingerprint density at radius 2 is 2.00 bits per heavy atom. The van der Waals surface area contributed by atoms with Crippen LogP contribution in [0.15, 0.2) is 53.1 Å². The minimum Gasteiger partial charge on any atom is -0.361 e. The molecule has 1 atom stereocenters. The van der Waals surface area contributed by atoms with Crippen LogP contribution in [0.2, 0.25) is 0 Å². The molecule has 1 aliphatic rings. The van der Waals surface area contributed by atoms with Gasteiger partial charge in [0.2, 0.25) is 5.91 Å². The number of aromatic nitrogens is 1. The summed E-state index contributed by atoms with van der Waals surface area (Å²) in [4.78, 5) is 27.1. The molecule has 0 radical (unpaired) electrons. The maximum absolute atomic E-state index is 14.1. The van der Waals surface area contributed by atoms with Gasteiger partial charge in [0, 0.05) is 37.6 Å². The number of nitrogens with one attached hydrogen (secondary N) is 1. The summed E-state index contributed by atoms with van der Waals surface area (Å²) in [6.07, 6.45) is 1.83. The fraction of sp³-hybridized carbons (Fsp3) is 0.292. The molecule has 1 fully saturated rings. The molecule has 3 aromatic rings. The Balaban J connectivity index is 1.53. The molecule has 2 heterocycles. The predicted octanol–water partition coefficient (Wildman–Crippen LogP) is 3.76. The Bertz CT molecular complexity index is 1130. The number of halogens is 2. The van der Waals surface area contributed by atoms with E-state index in [0.717, 1.165) is 18.1 Å². The summed E-state index contributed by atoms with van der Waals surface area (Å²) in [5.41, 5.74) is 1.66. The van der Waals surface area contributed by atoms with Crippen molar-refractivity contribution in [3.05, 3.63) is 77.2 Å². The SMILES string of the molecule is CCCc1cc(C(=O)N2CCNC(=O)[C@H]2Cc2ccc(-c3cccc(F)c3F)cc2)no1. The van der Waals surface area contributed by atoms with Gasteiger partial charge in [0.1, 0.15) is 11.8 Å². The molecule has 8 heteroatoms. The zero-order chi connectivity index (χ0) is 22.7. The van der Waals surface area contributed by atoms with E-state index in [-0.39, 0.29) is 29.5 Å². The third-order valence-electron chi connectivity index (χ3n) is 5.51. The second-order valence-electron chi connectivity index (χ2n) is 7.74. The molecule has 32 heavy (non-hydrogen) atoms. The second kappa shape index (κ2) is 9.30. The second-order valence-corrected chi connectivity index (χ2v) is 7.74. The molecule has 0 aliphatic carbocycles. The first-order valence-electron chi connectivity index (χ1n) is 10.6. The number of carbonyl (C=O) groups excluding carboxylic acids is 2. The lowest BCUT2D eigenvalue weighted by atomic mass is 9.98. The van der Waals surface area contributed by atoms with Crippen molar-refractivity contribution in [2.75, 3.05) is 13.1 Å². The summed E-state index contributed by atoms with van der Waals surface area (Å²) in [6, 6.07) is 11.8. The van der Waals surface area contributed by atoms with Crippen LogP contribution in [0.5, 0.6) is 0 Å². The van der Waals surface area contributed by atoms with Crippen molar-refractivity contribution < 1.29 is 22.9 Å². The van der Waals surface area contributed by atoms with Gasteiger partial charge in [0.05, 0.1) is 0 Å². The van der Waals surface area contributed by atoms with E-state index >= 15 is 0 Å². The van der Waals surface area contributed by atoms with Gasteiger partial charge in [0.15, 0.2) is 17.3 Å². The van der Waals surface area contributed by atoms with Crippen molar-refractivity contribution in [3.8, 4) is 11.1 Å². The molecular weight excluding hydrogens is 416 g/mol. The van der Waals surface area contributed by atoms with Crippen LogP contribution in [0.4, 0.5) is 8.78 Å². The van der Waals surface area contributed by atoms with Crippen molar-refractivity contribution in [2.45, 2.75) is 32.2 Å². The largest absolute Gasteiger partial charge is 0.361 e. The summed E-state index contributed by atoms with van der Waals surface area (Å²) in [5.74, 6) is -1.78. The molecule has 6 nitrogen and oxygen atoms in total. The number of hydrogen-bond acceptors (Lipinski definition) is 4. The predicted molar refractivity (Wildman–Crippen MR) is 114 cm³/mol. The molecule has 0 saturated carbocycles. The summed E-state index contributed by atoms with van der Waals surface area (Å²) in [5, 5.41) is 6.67. The smallest absolute Gasteiger partial charge is 0.276 e. The van der Waals surface area contributed by atoms with Crippen LogP contribution in [-0.4, -0.2) is 41.0 Å². The molecule has 2 aromatic carbocycles. The van der Waals surface area contributed by atoms with Crippen LogP contribution in [0.25, 0.3) is 11.1 Å². The van der Waals surface area contributed by atoms with Gasteiger partial charge in [-0.15, -0.1) is 0 Å². The van der Waals surface area contributed by atoms with Gasteiger partial charge in [-0.25, -0.2) is 8.78 Å². The van der Waals surface area contributed by atoms with Crippen molar-refractivity contribution in [3.63, 3.8) is 0 Å². The minimum atomic E-state index is -0.908. The summed E-state index contributed by atoms with van der Waals surface area (Å²) in [6.45, 7) is 2.72. The van der Waals surface area contributed by atoms with E-state index in [9.17, 15) is 18.4 Å². The first kappa shape index (κ1) is 21.7. The van der Waals surface area contributed by atoms with E-state index in [4.69, 9.17) is 4.52 Å². The molecule has 1 aromatic heterocycles. The van der Waals surface area contributed by atoms with Gasteiger partial charge in [-0.1, -0.05) is 48.5 Å². The van der Waals surface area contributed by atoms with Gasteiger partial charge in [-0.05, 0) is 23.6 Å².